The van der Waals surface area contributed by atoms with Crippen molar-refractivity contribution in [2.75, 3.05) is 0 Å². The van der Waals surface area contributed by atoms with Crippen LogP contribution < -0.4 is 5.56 Å². The number of hydrogen-bond acceptors (Lipinski definition) is 3. The molecule has 1 heterocycles. The molecule has 0 atom stereocenters. The molecular weight excluding hydrogens is 208 g/mol. The molecule has 0 aliphatic carbocycles. The molecule has 0 saturated heterocycles. The molecule has 0 bridgehead atoms. The Bertz CT molecular complexity index is 403. The van der Waals surface area contributed by atoms with E-state index < -0.39 is 11.7 Å². The second-order valence-corrected chi connectivity index (χ2v) is 4.39. The van der Waals surface area contributed by atoms with Crippen LogP contribution in [-0.2, 0) is 4.74 Å². The zero-order chi connectivity index (χ0) is 12.2. The number of nitrogens with zero attached hydrogens (tertiary/aromatic N) is 1. The largest absolute Gasteiger partial charge is 0.442 e. The normalized spacial score (nSPS) is 11.4. The van der Waals surface area contributed by atoms with Gasteiger partial charge in [-0.25, -0.2) is 4.79 Å². The summed E-state index contributed by atoms with van der Waals surface area (Å²) in [6, 6.07) is 1.28. The standard InChI is InChI=1S/C11H18N2O3/c1-4-5-7-11(2,3)16-10(15)13-8-6-9(14)12-13/h6,8H,4-5,7H2,1-3H3,(H,12,14). The van der Waals surface area contributed by atoms with Gasteiger partial charge in [0, 0.05) is 12.3 Å². The van der Waals surface area contributed by atoms with Gasteiger partial charge in [-0.1, -0.05) is 13.3 Å². The lowest BCUT2D eigenvalue weighted by Crippen LogP contribution is -2.31. The predicted molar refractivity (Wildman–Crippen MR) is 60.5 cm³/mol. The summed E-state index contributed by atoms with van der Waals surface area (Å²) in [5, 5.41) is 2.34. The van der Waals surface area contributed by atoms with Crippen LogP contribution >= 0.6 is 0 Å². The Hall–Kier alpha value is -1.52. The summed E-state index contributed by atoms with van der Waals surface area (Å²) >= 11 is 0. The third-order valence-electron chi connectivity index (χ3n) is 2.30. The van der Waals surface area contributed by atoms with E-state index in [4.69, 9.17) is 4.74 Å². The summed E-state index contributed by atoms with van der Waals surface area (Å²) in [7, 11) is 0. The lowest BCUT2D eigenvalue weighted by Gasteiger charge is -2.24. The van der Waals surface area contributed by atoms with Gasteiger partial charge in [-0.2, -0.15) is 4.68 Å². The zero-order valence-corrected chi connectivity index (χ0v) is 9.95. The van der Waals surface area contributed by atoms with Gasteiger partial charge < -0.3 is 4.74 Å². The lowest BCUT2D eigenvalue weighted by atomic mass is 10.0. The molecule has 0 aliphatic heterocycles. The topological polar surface area (TPSA) is 64.1 Å². The fourth-order valence-corrected chi connectivity index (χ4v) is 1.38. The smallest absolute Gasteiger partial charge is 0.433 e. The van der Waals surface area contributed by atoms with Gasteiger partial charge in [0.1, 0.15) is 5.60 Å². The van der Waals surface area contributed by atoms with Gasteiger partial charge in [-0.05, 0) is 26.7 Å². The van der Waals surface area contributed by atoms with Crippen LogP contribution in [0.25, 0.3) is 0 Å². The summed E-state index contributed by atoms with van der Waals surface area (Å²) in [6.07, 6.45) is 3.67. The van der Waals surface area contributed by atoms with Crippen LogP contribution in [0.15, 0.2) is 17.1 Å². The Labute approximate surface area is 94.4 Å². The maximum absolute atomic E-state index is 11.6. The van der Waals surface area contributed by atoms with Crippen molar-refractivity contribution in [2.45, 2.75) is 45.6 Å². The van der Waals surface area contributed by atoms with E-state index >= 15 is 0 Å². The Morgan fingerprint density at radius 2 is 2.25 bits per heavy atom. The first-order valence-corrected chi connectivity index (χ1v) is 5.45. The van der Waals surface area contributed by atoms with Crippen molar-refractivity contribution in [3.05, 3.63) is 22.6 Å². The van der Waals surface area contributed by atoms with Crippen LogP contribution in [0, 0.1) is 0 Å². The molecule has 1 N–H and O–H groups in total. The fourth-order valence-electron chi connectivity index (χ4n) is 1.38. The van der Waals surface area contributed by atoms with Crippen molar-refractivity contribution < 1.29 is 9.53 Å². The second-order valence-electron chi connectivity index (χ2n) is 4.39. The average molecular weight is 226 g/mol. The van der Waals surface area contributed by atoms with E-state index in [0.29, 0.717) is 0 Å². The minimum absolute atomic E-state index is 0.316. The highest BCUT2D eigenvalue weighted by atomic mass is 16.6. The molecule has 0 aliphatic rings. The SMILES string of the molecule is CCCCC(C)(C)OC(=O)n1ccc(=O)[nH]1. The highest BCUT2D eigenvalue weighted by Gasteiger charge is 2.23. The number of unbranched alkanes of at least 4 members (excludes halogenated alkanes) is 1. The average Bonchev–Trinajstić information content (AvgIpc) is 2.61. The summed E-state index contributed by atoms with van der Waals surface area (Å²) in [5.41, 5.74) is -0.822. The second kappa shape index (κ2) is 5.01. The molecule has 90 valence electrons. The number of aromatic amines is 1. The van der Waals surface area contributed by atoms with Crippen LogP contribution in [-0.4, -0.2) is 21.5 Å². The number of aromatic nitrogens is 2. The van der Waals surface area contributed by atoms with E-state index in [-0.39, 0.29) is 5.56 Å². The predicted octanol–water partition coefficient (Wildman–Crippen LogP) is 2.13. The summed E-state index contributed by atoms with van der Waals surface area (Å²) in [5.74, 6) is 0. The van der Waals surface area contributed by atoms with Crippen LogP contribution in [0.2, 0.25) is 0 Å². The summed E-state index contributed by atoms with van der Waals surface area (Å²) in [4.78, 5) is 22.5. The van der Waals surface area contributed by atoms with Crippen molar-refractivity contribution in [3.8, 4) is 0 Å². The van der Waals surface area contributed by atoms with Gasteiger partial charge in [0.15, 0.2) is 0 Å². The van der Waals surface area contributed by atoms with Crippen molar-refractivity contribution >= 4 is 6.09 Å². The molecule has 0 saturated carbocycles. The fraction of sp³-hybridized carbons (Fsp3) is 0.636. The Kier molecular flexibility index (Phi) is 3.93. The lowest BCUT2D eigenvalue weighted by molar-refractivity contribution is 0.0300. The molecule has 0 radical (unpaired) electrons. The van der Waals surface area contributed by atoms with Crippen LogP contribution in [0.4, 0.5) is 4.79 Å². The minimum Gasteiger partial charge on any atom is -0.442 e. The number of hydrogen-bond donors (Lipinski definition) is 1. The first-order valence-electron chi connectivity index (χ1n) is 5.45. The number of ether oxygens (including phenoxy) is 1. The quantitative estimate of drug-likeness (QED) is 0.855. The Morgan fingerprint density at radius 3 is 2.75 bits per heavy atom. The maximum atomic E-state index is 11.6. The Balaban J connectivity index is 2.60. The molecule has 1 aromatic heterocycles. The van der Waals surface area contributed by atoms with Gasteiger partial charge in [0.05, 0.1) is 0 Å². The highest BCUT2D eigenvalue weighted by molar-refractivity contribution is 5.69. The van der Waals surface area contributed by atoms with Gasteiger partial charge in [-0.15, -0.1) is 0 Å². The van der Waals surface area contributed by atoms with Gasteiger partial charge >= 0.3 is 6.09 Å². The summed E-state index contributed by atoms with van der Waals surface area (Å²) in [6.45, 7) is 5.81. The molecule has 1 aromatic rings. The van der Waals surface area contributed by atoms with Crippen LogP contribution in [0.5, 0.6) is 0 Å². The third-order valence-corrected chi connectivity index (χ3v) is 2.30. The molecular formula is C11H18N2O3. The highest BCUT2D eigenvalue weighted by Crippen LogP contribution is 2.18. The first-order chi connectivity index (χ1) is 7.44. The van der Waals surface area contributed by atoms with Crippen LogP contribution in [0.1, 0.15) is 40.0 Å². The van der Waals surface area contributed by atoms with Crippen molar-refractivity contribution in [1.82, 2.24) is 9.78 Å². The molecule has 1 rings (SSSR count). The van der Waals surface area contributed by atoms with E-state index in [2.05, 4.69) is 12.0 Å². The van der Waals surface area contributed by atoms with E-state index in [1.54, 1.807) is 0 Å². The van der Waals surface area contributed by atoms with Gasteiger partial charge in [0.25, 0.3) is 5.56 Å². The molecule has 5 heteroatoms. The molecule has 0 spiro atoms. The number of carbonyl (C=O) groups excluding carboxylic acids is 1. The first kappa shape index (κ1) is 12.5. The molecule has 0 amide bonds. The van der Waals surface area contributed by atoms with Gasteiger partial charge in [0.2, 0.25) is 0 Å². The molecule has 0 unspecified atom stereocenters. The Morgan fingerprint density at radius 1 is 1.56 bits per heavy atom. The molecule has 0 fully saturated rings. The van der Waals surface area contributed by atoms with E-state index in [9.17, 15) is 9.59 Å². The van der Waals surface area contributed by atoms with Crippen molar-refractivity contribution in [2.24, 2.45) is 0 Å². The number of carbonyl (C=O) groups is 1. The van der Waals surface area contributed by atoms with E-state index in [1.807, 2.05) is 13.8 Å². The number of nitrogens with one attached hydrogen (secondary N) is 1. The van der Waals surface area contributed by atoms with Gasteiger partial charge in [-0.3, -0.25) is 9.89 Å². The van der Waals surface area contributed by atoms with Crippen molar-refractivity contribution in [3.63, 3.8) is 0 Å². The van der Waals surface area contributed by atoms with Crippen molar-refractivity contribution in [1.29, 1.82) is 0 Å². The summed E-state index contributed by atoms with van der Waals surface area (Å²) < 4.78 is 6.34. The zero-order valence-electron chi connectivity index (χ0n) is 9.95. The maximum Gasteiger partial charge on any atom is 0.433 e. The van der Waals surface area contributed by atoms with E-state index in [1.165, 1.54) is 12.3 Å². The molecule has 0 aromatic carbocycles. The third kappa shape index (κ3) is 3.56. The monoisotopic (exact) mass is 226 g/mol. The number of H-pyrrole nitrogens is 1. The van der Waals surface area contributed by atoms with Crippen LogP contribution in [0.3, 0.4) is 0 Å². The minimum atomic E-state index is -0.553. The molecule has 16 heavy (non-hydrogen) atoms. The molecule has 5 nitrogen and oxygen atoms in total. The van der Waals surface area contributed by atoms with E-state index in [0.717, 1.165) is 23.9 Å². The number of rotatable bonds is 4.